The summed E-state index contributed by atoms with van der Waals surface area (Å²) in [6.45, 7) is 0.322. The molecule has 2 heterocycles. The van der Waals surface area contributed by atoms with E-state index >= 15 is 0 Å². The molecule has 0 atom stereocenters. The highest BCUT2D eigenvalue weighted by atomic mass is 16.4. The van der Waals surface area contributed by atoms with Gasteiger partial charge in [-0.2, -0.15) is 0 Å². The molecule has 0 radical (unpaired) electrons. The van der Waals surface area contributed by atoms with Crippen LogP contribution in [0.15, 0.2) is 89.3 Å². The number of nitrogen functional groups attached to an aromatic ring is 1. The third kappa shape index (κ3) is 5.80. The van der Waals surface area contributed by atoms with Crippen LogP contribution in [0, 0.1) is 0 Å². The summed E-state index contributed by atoms with van der Waals surface area (Å²) in [5.41, 5.74) is 15.1. The monoisotopic (exact) mass is 522 g/mol. The first-order valence-electron chi connectivity index (χ1n) is 12.3. The molecule has 0 spiro atoms. The number of fused-ring (bicyclic) bond motifs is 1. The number of carbonyl (C=O) groups is 3. The summed E-state index contributed by atoms with van der Waals surface area (Å²) < 4.78 is 7.47. The smallest absolute Gasteiger partial charge is 0.293 e. The summed E-state index contributed by atoms with van der Waals surface area (Å²) >= 11 is 0. The van der Waals surface area contributed by atoms with Crippen molar-refractivity contribution in [3.05, 3.63) is 96.3 Å². The number of furan rings is 1. The molecule has 10 nitrogen and oxygen atoms in total. The van der Waals surface area contributed by atoms with E-state index in [-0.39, 0.29) is 37.0 Å². The van der Waals surface area contributed by atoms with Gasteiger partial charge in [0.2, 0.25) is 11.9 Å². The van der Waals surface area contributed by atoms with Crippen LogP contribution < -0.4 is 22.1 Å². The average Bonchev–Trinajstić information content (AvgIpc) is 3.56. The Bertz CT molecular complexity index is 1670. The van der Waals surface area contributed by atoms with Gasteiger partial charge in [0, 0.05) is 35.5 Å². The molecule has 0 bridgehead atoms. The number of ketones is 1. The Labute approximate surface area is 223 Å². The van der Waals surface area contributed by atoms with Gasteiger partial charge in [-0.1, -0.05) is 42.5 Å². The van der Waals surface area contributed by atoms with E-state index in [0.29, 0.717) is 33.7 Å². The number of nitrogens with two attached hydrogens (primary N) is 2. The first-order chi connectivity index (χ1) is 18.9. The number of rotatable bonds is 10. The molecule has 10 heteroatoms. The summed E-state index contributed by atoms with van der Waals surface area (Å²) in [7, 11) is 0. The van der Waals surface area contributed by atoms with Crippen molar-refractivity contribution in [2.45, 2.75) is 13.0 Å². The van der Waals surface area contributed by atoms with Crippen LogP contribution in [0.3, 0.4) is 0 Å². The lowest BCUT2D eigenvalue weighted by atomic mass is 10.1. The van der Waals surface area contributed by atoms with E-state index in [9.17, 15) is 14.4 Å². The summed E-state index contributed by atoms with van der Waals surface area (Å²) in [5, 5.41) is 5.89. The van der Waals surface area contributed by atoms with Crippen LogP contribution in [0.4, 0.5) is 17.3 Å². The van der Waals surface area contributed by atoms with E-state index in [2.05, 4.69) is 15.6 Å². The predicted molar refractivity (Wildman–Crippen MR) is 149 cm³/mol. The minimum atomic E-state index is -0.507. The van der Waals surface area contributed by atoms with Crippen molar-refractivity contribution in [1.82, 2.24) is 9.55 Å². The maximum atomic E-state index is 13.0. The van der Waals surface area contributed by atoms with Gasteiger partial charge in [0.25, 0.3) is 5.91 Å². The van der Waals surface area contributed by atoms with E-state index in [4.69, 9.17) is 15.9 Å². The number of hydrogen-bond acceptors (Lipinski definition) is 7. The predicted octanol–water partition coefficient (Wildman–Crippen LogP) is 4.30. The maximum Gasteiger partial charge on any atom is 0.293 e. The van der Waals surface area contributed by atoms with Gasteiger partial charge in [0.15, 0.2) is 11.5 Å². The fraction of sp³-hybridized carbons (Fsp3) is 0.103. The molecule has 5 rings (SSSR count). The normalized spacial score (nSPS) is 10.9. The third-order valence-electron chi connectivity index (χ3n) is 6.11. The Kier molecular flexibility index (Phi) is 7.09. The van der Waals surface area contributed by atoms with E-state index in [1.807, 2.05) is 24.3 Å². The lowest BCUT2D eigenvalue weighted by Crippen LogP contribution is -2.18. The number of imidazole rings is 1. The number of hydrogen-bond donors (Lipinski definition) is 4. The summed E-state index contributed by atoms with van der Waals surface area (Å²) in [6, 6.07) is 24.8. The molecule has 2 amide bonds. The second kappa shape index (κ2) is 10.9. The van der Waals surface area contributed by atoms with Crippen molar-refractivity contribution in [2.75, 3.05) is 22.9 Å². The molecule has 3 aromatic carbocycles. The quantitative estimate of drug-likeness (QED) is 0.157. The van der Waals surface area contributed by atoms with Gasteiger partial charge in [0.1, 0.15) is 5.76 Å². The van der Waals surface area contributed by atoms with Crippen LogP contribution in [0.5, 0.6) is 0 Å². The van der Waals surface area contributed by atoms with Crippen molar-refractivity contribution in [3.63, 3.8) is 0 Å². The number of carbonyl (C=O) groups excluding carboxylic acids is 3. The Morgan fingerprint density at radius 1 is 0.923 bits per heavy atom. The SMILES string of the molecule is NC(=O)CCn1c(NC(=O)c2ccc(-c3cccc(N)c3)o2)nc2cc(NCC(=O)c3ccccc3)ccc21. The molecular weight excluding hydrogens is 496 g/mol. The van der Waals surface area contributed by atoms with Gasteiger partial charge < -0.3 is 25.8 Å². The molecule has 196 valence electrons. The zero-order chi connectivity index (χ0) is 27.4. The van der Waals surface area contributed by atoms with Crippen LogP contribution in [-0.2, 0) is 11.3 Å². The Morgan fingerprint density at radius 3 is 2.51 bits per heavy atom. The first-order valence-corrected chi connectivity index (χ1v) is 12.3. The minimum Gasteiger partial charge on any atom is -0.451 e. The number of benzene rings is 3. The topological polar surface area (TPSA) is 158 Å². The van der Waals surface area contributed by atoms with Crippen molar-refractivity contribution in [1.29, 1.82) is 0 Å². The number of aryl methyl sites for hydroxylation is 1. The Hall–Kier alpha value is -5.38. The lowest BCUT2D eigenvalue weighted by molar-refractivity contribution is -0.118. The molecule has 0 saturated carbocycles. The van der Waals surface area contributed by atoms with Gasteiger partial charge in [-0.15, -0.1) is 0 Å². The van der Waals surface area contributed by atoms with Crippen molar-refractivity contribution >= 4 is 46.0 Å². The molecule has 0 aliphatic rings. The van der Waals surface area contributed by atoms with E-state index in [0.717, 1.165) is 5.56 Å². The van der Waals surface area contributed by atoms with Gasteiger partial charge in [0.05, 0.1) is 17.6 Å². The molecule has 0 saturated heterocycles. The second-order valence-corrected chi connectivity index (χ2v) is 8.89. The number of nitrogens with one attached hydrogen (secondary N) is 2. The van der Waals surface area contributed by atoms with E-state index in [1.165, 1.54) is 0 Å². The van der Waals surface area contributed by atoms with Crippen molar-refractivity contribution < 1.29 is 18.8 Å². The molecule has 6 N–H and O–H groups in total. The van der Waals surface area contributed by atoms with Crippen LogP contribution >= 0.6 is 0 Å². The molecule has 0 unspecified atom stereocenters. The number of aromatic nitrogens is 2. The fourth-order valence-corrected chi connectivity index (χ4v) is 4.16. The van der Waals surface area contributed by atoms with Gasteiger partial charge in [-0.3, -0.25) is 19.7 Å². The first kappa shape index (κ1) is 25.3. The molecule has 0 fully saturated rings. The highest BCUT2D eigenvalue weighted by Crippen LogP contribution is 2.26. The van der Waals surface area contributed by atoms with Crippen LogP contribution in [0.2, 0.25) is 0 Å². The summed E-state index contributed by atoms with van der Waals surface area (Å²) in [4.78, 5) is 41.6. The van der Waals surface area contributed by atoms with Crippen LogP contribution in [0.25, 0.3) is 22.4 Å². The van der Waals surface area contributed by atoms with Crippen LogP contribution in [0.1, 0.15) is 27.3 Å². The standard InChI is InChI=1S/C29H26N6O4/c30-20-8-4-7-19(15-20)25-11-12-26(39-25)28(38)34-29-33-22-16-21(9-10-23(22)35(29)14-13-27(31)37)32-17-24(36)18-5-2-1-3-6-18/h1-12,15-16,32H,13-14,17,30H2,(H2,31,37)(H,33,34,38). The zero-order valence-corrected chi connectivity index (χ0v) is 20.9. The Morgan fingerprint density at radius 2 is 1.74 bits per heavy atom. The number of anilines is 3. The fourth-order valence-electron chi connectivity index (χ4n) is 4.16. The van der Waals surface area contributed by atoms with Crippen molar-refractivity contribution in [3.8, 4) is 11.3 Å². The maximum absolute atomic E-state index is 13.0. The summed E-state index contributed by atoms with van der Waals surface area (Å²) in [6.07, 6.45) is 0.0558. The zero-order valence-electron chi connectivity index (χ0n) is 20.9. The number of Topliss-reactive ketones (excluding diaryl/α,β-unsaturated/α-hetero) is 1. The largest absolute Gasteiger partial charge is 0.451 e. The van der Waals surface area contributed by atoms with E-state index in [1.54, 1.807) is 65.2 Å². The highest BCUT2D eigenvalue weighted by molar-refractivity contribution is 6.03. The van der Waals surface area contributed by atoms with Gasteiger partial charge in [-0.25, -0.2) is 4.98 Å². The highest BCUT2D eigenvalue weighted by Gasteiger charge is 2.18. The van der Waals surface area contributed by atoms with E-state index < -0.39 is 11.8 Å². The molecule has 5 aromatic rings. The Balaban J connectivity index is 1.37. The number of primary amides is 1. The minimum absolute atomic E-state index is 0.0494. The molecule has 39 heavy (non-hydrogen) atoms. The number of amides is 2. The third-order valence-corrected chi connectivity index (χ3v) is 6.11. The van der Waals surface area contributed by atoms with Gasteiger partial charge >= 0.3 is 0 Å². The number of nitrogens with zero attached hydrogens (tertiary/aromatic N) is 2. The second-order valence-electron chi connectivity index (χ2n) is 8.89. The molecule has 0 aliphatic carbocycles. The average molecular weight is 523 g/mol. The van der Waals surface area contributed by atoms with Crippen molar-refractivity contribution in [2.24, 2.45) is 5.73 Å². The lowest BCUT2D eigenvalue weighted by Gasteiger charge is -2.09. The summed E-state index contributed by atoms with van der Waals surface area (Å²) in [5.74, 6) is -0.224. The molecular formula is C29H26N6O4. The molecule has 2 aromatic heterocycles. The molecule has 0 aliphatic heterocycles. The van der Waals surface area contributed by atoms with Crippen LogP contribution in [-0.4, -0.2) is 33.7 Å². The van der Waals surface area contributed by atoms with Gasteiger partial charge in [-0.05, 0) is 42.5 Å².